The van der Waals surface area contributed by atoms with Crippen molar-refractivity contribution >= 4 is 34.6 Å². The Balaban J connectivity index is 2.29. The molecular formula is C9H8N4O2S2. The van der Waals surface area contributed by atoms with Crippen molar-refractivity contribution < 1.29 is 4.92 Å². The fourth-order valence-corrected chi connectivity index (χ4v) is 2.95. The van der Waals surface area contributed by atoms with Gasteiger partial charge in [0, 0.05) is 17.1 Å². The Hall–Kier alpha value is -1.67. The molecule has 0 unspecified atom stereocenters. The molecule has 0 aromatic carbocycles. The summed E-state index contributed by atoms with van der Waals surface area (Å²) < 4.78 is 0.787. The SMILES string of the molecule is Cc1csc(Sc2cc([N+](=O)[O-])cc(N)n2)n1. The number of nitrogen functional groups attached to an aromatic ring is 1. The summed E-state index contributed by atoms with van der Waals surface area (Å²) in [7, 11) is 0. The predicted octanol–water partition coefficient (Wildman–Crippen LogP) is 2.49. The van der Waals surface area contributed by atoms with Crippen LogP contribution in [0.2, 0.25) is 0 Å². The summed E-state index contributed by atoms with van der Waals surface area (Å²) in [4.78, 5) is 18.4. The fourth-order valence-electron chi connectivity index (χ4n) is 1.14. The van der Waals surface area contributed by atoms with Crippen molar-refractivity contribution in [1.82, 2.24) is 9.97 Å². The van der Waals surface area contributed by atoms with E-state index in [2.05, 4.69) is 9.97 Å². The Morgan fingerprint density at radius 3 is 2.82 bits per heavy atom. The molecule has 17 heavy (non-hydrogen) atoms. The molecule has 0 radical (unpaired) electrons. The Morgan fingerprint density at radius 2 is 2.24 bits per heavy atom. The molecule has 2 aromatic rings. The second kappa shape index (κ2) is 4.68. The largest absolute Gasteiger partial charge is 0.383 e. The standard InChI is InChI=1S/C9H8N4O2S2/c1-5-4-16-9(11-5)17-8-3-6(13(14)15)2-7(10)12-8/h2-4H,1H3,(H2,10,12). The topological polar surface area (TPSA) is 94.9 Å². The van der Waals surface area contributed by atoms with Gasteiger partial charge in [-0.1, -0.05) is 0 Å². The molecule has 0 aliphatic rings. The molecule has 0 aliphatic heterocycles. The quantitative estimate of drug-likeness (QED) is 0.678. The maximum absolute atomic E-state index is 10.7. The molecular weight excluding hydrogens is 260 g/mol. The third kappa shape index (κ3) is 2.92. The zero-order chi connectivity index (χ0) is 12.4. The van der Waals surface area contributed by atoms with Crippen molar-refractivity contribution in [2.24, 2.45) is 0 Å². The number of nitrogens with zero attached hydrogens (tertiary/aromatic N) is 3. The van der Waals surface area contributed by atoms with Crippen LogP contribution in [0.3, 0.4) is 0 Å². The minimum Gasteiger partial charge on any atom is -0.383 e. The van der Waals surface area contributed by atoms with E-state index < -0.39 is 4.92 Å². The molecule has 88 valence electrons. The van der Waals surface area contributed by atoms with Crippen LogP contribution in [0.4, 0.5) is 11.5 Å². The number of hydrogen-bond acceptors (Lipinski definition) is 7. The van der Waals surface area contributed by atoms with Crippen LogP contribution in [-0.4, -0.2) is 14.9 Å². The molecule has 2 N–H and O–H groups in total. The van der Waals surface area contributed by atoms with E-state index in [0.29, 0.717) is 5.03 Å². The predicted molar refractivity (Wildman–Crippen MR) is 66.3 cm³/mol. The van der Waals surface area contributed by atoms with Gasteiger partial charge in [0.15, 0.2) is 4.34 Å². The van der Waals surface area contributed by atoms with Crippen molar-refractivity contribution in [3.63, 3.8) is 0 Å². The number of aromatic nitrogens is 2. The van der Waals surface area contributed by atoms with Crippen LogP contribution in [0, 0.1) is 17.0 Å². The molecule has 2 rings (SSSR count). The summed E-state index contributed by atoms with van der Waals surface area (Å²) in [6.45, 7) is 1.88. The van der Waals surface area contributed by atoms with E-state index in [0.717, 1.165) is 10.0 Å². The van der Waals surface area contributed by atoms with Gasteiger partial charge in [-0.25, -0.2) is 9.97 Å². The molecule has 0 spiro atoms. The summed E-state index contributed by atoms with van der Waals surface area (Å²) in [6.07, 6.45) is 0. The number of pyridine rings is 1. The highest BCUT2D eigenvalue weighted by Crippen LogP contribution is 2.31. The summed E-state index contributed by atoms with van der Waals surface area (Å²) in [5.41, 5.74) is 6.36. The summed E-state index contributed by atoms with van der Waals surface area (Å²) >= 11 is 2.73. The number of anilines is 1. The van der Waals surface area contributed by atoms with E-state index in [9.17, 15) is 10.1 Å². The Bertz CT molecular complexity index is 570. The van der Waals surface area contributed by atoms with Gasteiger partial charge < -0.3 is 5.73 Å². The highest BCUT2D eigenvalue weighted by Gasteiger charge is 2.11. The highest BCUT2D eigenvalue weighted by molar-refractivity contribution is 8.01. The van der Waals surface area contributed by atoms with Crippen molar-refractivity contribution in [2.45, 2.75) is 16.3 Å². The van der Waals surface area contributed by atoms with Gasteiger partial charge >= 0.3 is 0 Å². The Kier molecular flexibility index (Phi) is 3.25. The van der Waals surface area contributed by atoms with Crippen LogP contribution in [0.25, 0.3) is 0 Å². The average molecular weight is 268 g/mol. The first-order chi connectivity index (χ1) is 8.04. The van der Waals surface area contributed by atoms with Gasteiger partial charge in [0.05, 0.1) is 11.0 Å². The molecule has 6 nitrogen and oxygen atoms in total. The number of hydrogen-bond donors (Lipinski definition) is 1. The van der Waals surface area contributed by atoms with Gasteiger partial charge in [-0.15, -0.1) is 11.3 Å². The summed E-state index contributed by atoms with van der Waals surface area (Å²) in [5, 5.41) is 13.0. The molecule has 0 aliphatic carbocycles. The first-order valence-electron chi connectivity index (χ1n) is 4.56. The molecule has 2 aromatic heterocycles. The van der Waals surface area contributed by atoms with Crippen molar-refractivity contribution in [1.29, 1.82) is 0 Å². The summed E-state index contributed by atoms with van der Waals surface area (Å²) in [6, 6.07) is 2.62. The van der Waals surface area contributed by atoms with E-state index in [1.165, 1.54) is 35.2 Å². The lowest BCUT2D eigenvalue weighted by molar-refractivity contribution is -0.385. The second-order valence-corrected chi connectivity index (χ2v) is 5.33. The number of nitro groups is 1. The maximum Gasteiger partial charge on any atom is 0.275 e. The highest BCUT2D eigenvalue weighted by atomic mass is 32.2. The fraction of sp³-hybridized carbons (Fsp3) is 0.111. The molecule has 2 heterocycles. The molecule has 0 fully saturated rings. The lowest BCUT2D eigenvalue weighted by atomic mass is 10.4. The van der Waals surface area contributed by atoms with Crippen LogP contribution in [0.15, 0.2) is 26.9 Å². The monoisotopic (exact) mass is 268 g/mol. The van der Waals surface area contributed by atoms with Gasteiger partial charge in [-0.2, -0.15) is 0 Å². The van der Waals surface area contributed by atoms with Gasteiger partial charge in [0.1, 0.15) is 10.8 Å². The molecule has 0 bridgehead atoms. The van der Waals surface area contributed by atoms with E-state index >= 15 is 0 Å². The van der Waals surface area contributed by atoms with E-state index in [1.807, 2.05) is 12.3 Å². The molecule has 0 saturated carbocycles. The number of nitrogens with two attached hydrogens (primary N) is 1. The third-order valence-electron chi connectivity index (χ3n) is 1.81. The van der Waals surface area contributed by atoms with E-state index in [-0.39, 0.29) is 11.5 Å². The Morgan fingerprint density at radius 1 is 1.47 bits per heavy atom. The van der Waals surface area contributed by atoms with E-state index in [1.54, 1.807) is 0 Å². The van der Waals surface area contributed by atoms with Gasteiger partial charge in [-0.05, 0) is 18.7 Å². The van der Waals surface area contributed by atoms with Crippen LogP contribution in [0.5, 0.6) is 0 Å². The minimum absolute atomic E-state index is 0.0618. The van der Waals surface area contributed by atoms with Crippen LogP contribution >= 0.6 is 23.1 Å². The van der Waals surface area contributed by atoms with Crippen LogP contribution in [0.1, 0.15) is 5.69 Å². The van der Waals surface area contributed by atoms with Crippen LogP contribution in [-0.2, 0) is 0 Å². The molecule has 0 saturated heterocycles. The van der Waals surface area contributed by atoms with Crippen molar-refractivity contribution in [3.05, 3.63) is 33.3 Å². The normalized spacial score (nSPS) is 10.4. The molecule has 0 atom stereocenters. The second-order valence-electron chi connectivity index (χ2n) is 3.20. The average Bonchev–Trinajstić information content (AvgIpc) is 2.63. The Labute approximate surface area is 105 Å². The number of aryl methyl sites for hydroxylation is 1. The number of thiazole rings is 1. The lowest BCUT2D eigenvalue weighted by Crippen LogP contribution is -1.95. The van der Waals surface area contributed by atoms with Crippen LogP contribution < -0.4 is 5.73 Å². The van der Waals surface area contributed by atoms with E-state index in [4.69, 9.17) is 5.73 Å². The minimum atomic E-state index is -0.491. The lowest BCUT2D eigenvalue weighted by Gasteiger charge is -1.99. The smallest absolute Gasteiger partial charge is 0.275 e. The number of rotatable bonds is 3. The zero-order valence-corrected chi connectivity index (χ0v) is 10.4. The molecule has 8 heteroatoms. The first kappa shape index (κ1) is 11.8. The first-order valence-corrected chi connectivity index (χ1v) is 6.26. The zero-order valence-electron chi connectivity index (χ0n) is 8.78. The molecule has 0 amide bonds. The van der Waals surface area contributed by atoms with Gasteiger partial charge in [0.25, 0.3) is 5.69 Å². The van der Waals surface area contributed by atoms with Crippen molar-refractivity contribution in [3.8, 4) is 0 Å². The maximum atomic E-state index is 10.7. The third-order valence-corrected chi connectivity index (χ3v) is 3.78. The van der Waals surface area contributed by atoms with Gasteiger partial charge in [0.2, 0.25) is 0 Å². The van der Waals surface area contributed by atoms with Crippen molar-refractivity contribution in [2.75, 3.05) is 5.73 Å². The summed E-state index contributed by atoms with van der Waals surface area (Å²) in [5.74, 6) is 0.134. The van der Waals surface area contributed by atoms with Gasteiger partial charge in [-0.3, -0.25) is 10.1 Å².